The minimum atomic E-state index is -4.44. The molecule has 0 atom stereocenters. The molecular weight excluding hydrogens is 385 g/mol. The third-order valence-electron chi connectivity index (χ3n) is 3.96. The maximum atomic E-state index is 12.9. The highest BCUT2D eigenvalue weighted by atomic mass is 35.5. The quantitative estimate of drug-likeness (QED) is 0.671. The largest absolute Gasteiger partial charge is 0.467 e. The van der Waals surface area contributed by atoms with Crippen molar-refractivity contribution in [1.29, 1.82) is 0 Å². The van der Waals surface area contributed by atoms with Crippen molar-refractivity contribution >= 4 is 11.6 Å². The zero-order chi connectivity index (χ0) is 19.0. The molecule has 27 heavy (non-hydrogen) atoms. The molecule has 6 nitrogen and oxygen atoms in total. The van der Waals surface area contributed by atoms with Gasteiger partial charge in [0, 0.05) is 21.7 Å². The van der Waals surface area contributed by atoms with Crippen LogP contribution in [-0.2, 0) is 24.1 Å². The van der Waals surface area contributed by atoms with E-state index in [0.29, 0.717) is 17.4 Å². The van der Waals surface area contributed by atoms with E-state index in [4.69, 9.17) is 21.1 Å². The number of rotatable bonds is 3. The highest BCUT2D eigenvalue weighted by Gasteiger charge is 2.30. The minimum Gasteiger partial charge on any atom is -0.467 e. The Labute approximate surface area is 156 Å². The predicted molar refractivity (Wildman–Crippen MR) is 89.1 cm³/mol. The van der Waals surface area contributed by atoms with Gasteiger partial charge in [0.25, 0.3) is 0 Å². The number of tetrazole rings is 1. The Bertz CT molecular complexity index is 991. The van der Waals surface area contributed by atoms with Gasteiger partial charge in [0.1, 0.15) is 5.75 Å². The second kappa shape index (κ2) is 6.82. The smallest absolute Gasteiger partial charge is 0.416 e. The van der Waals surface area contributed by atoms with Crippen LogP contribution in [0.1, 0.15) is 16.7 Å². The van der Waals surface area contributed by atoms with E-state index in [1.165, 1.54) is 16.9 Å². The Morgan fingerprint density at radius 2 is 2.04 bits per heavy atom. The Balaban J connectivity index is 1.62. The molecule has 0 amide bonds. The first-order valence-corrected chi connectivity index (χ1v) is 8.25. The summed E-state index contributed by atoms with van der Waals surface area (Å²) in [6.45, 7) is 0.708. The molecule has 0 spiro atoms. The SMILES string of the molecule is FC(F)(F)c1cccc(-c2nnn(Cc3cc(Cl)cc4c3OCOC4)n2)c1. The van der Waals surface area contributed by atoms with Crippen LogP contribution in [0, 0.1) is 0 Å². The zero-order valence-corrected chi connectivity index (χ0v) is 14.5. The van der Waals surface area contributed by atoms with Crippen LogP contribution in [0.5, 0.6) is 5.75 Å². The maximum Gasteiger partial charge on any atom is 0.416 e. The molecule has 140 valence electrons. The molecule has 1 aliphatic rings. The van der Waals surface area contributed by atoms with E-state index in [2.05, 4.69) is 15.4 Å². The molecule has 1 aromatic heterocycles. The van der Waals surface area contributed by atoms with Crippen LogP contribution in [0.25, 0.3) is 11.4 Å². The predicted octanol–water partition coefficient (Wildman–Crippen LogP) is 3.93. The molecule has 10 heteroatoms. The normalized spacial score (nSPS) is 13.9. The van der Waals surface area contributed by atoms with Gasteiger partial charge in [-0.1, -0.05) is 23.7 Å². The highest BCUT2D eigenvalue weighted by molar-refractivity contribution is 6.30. The second-order valence-electron chi connectivity index (χ2n) is 5.89. The van der Waals surface area contributed by atoms with Gasteiger partial charge in [-0.2, -0.15) is 18.0 Å². The van der Waals surface area contributed by atoms with Crippen molar-refractivity contribution in [2.45, 2.75) is 19.3 Å². The van der Waals surface area contributed by atoms with Crippen molar-refractivity contribution in [3.05, 3.63) is 58.1 Å². The van der Waals surface area contributed by atoms with E-state index in [0.717, 1.165) is 23.3 Å². The number of fused-ring (bicyclic) bond motifs is 1. The summed E-state index contributed by atoms with van der Waals surface area (Å²) in [5.74, 6) is 0.741. The van der Waals surface area contributed by atoms with Gasteiger partial charge in [0.15, 0.2) is 6.79 Å². The van der Waals surface area contributed by atoms with E-state index < -0.39 is 11.7 Å². The Kier molecular flexibility index (Phi) is 4.48. The summed E-state index contributed by atoms with van der Waals surface area (Å²) in [4.78, 5) is 1.28. The van der Waals surface area contributed by atoms with E-state index in [1.807, 2.05) is 0 Å². The summed E-state index contributed by atoms with van der Waals surface area (Å²) in [5, 5.41) is 12.5. The van der Waals surface area contributed by atoms with E-state index in [-0.39, 0.29) is 24.7 Å². The summed E-state index contributed by atoms with van der Waals surface area (Å²) >= 11 is 6.13. The van der Waals surface area contributed by atoms with Crippen molar-refractivity contribution < 1.29 is 22.6 Å². The minimum absolute atomic E-state index is 0.0984. The lowest BCUT2D eigenvalue weighted by atomic mass is 10.1. The Morgan fingerprint density at radius 1 is 1.19 bits per heavy atom. The topological polar surface area (TPSA) is 62.1 Å². The van der Waals surface area contributed by atoms with Crippen molar-refractivity contribution in [3.8, 4) is 17.1 Å². The van der Waals surface area contributed by atoms with Gasteiger partial charge < -0.3 is 9.47 Å². The number of alkyl halides is 3. The summed E-state index contributed by atoms with van der Waals surface area (Å²) in [5.41, 5.74) is 0.998. The zero-order valence-electron chi connectivity index (χ0n) is 13.7. The van der Waals surface area contributed by atoms with Crippen molar-refractivity contribution in [1.82, 2.24) is 20.2 Å². The van der Waals surface area contributed by atoms with Crippen LogP contribution >= 0.6 is 11.6 Å². The fourth-order valence-electron chi connectivity index (χ4n) is 2.79. The molecule has 2 aromatic carbocycles. The molecule has 0 unspecified atom stereocenters. The van der Waals surface area contributed by atoms with Gasteiger partial charge in [0.2, 0.25) is 5.82 Å². The van der Waals surface area contributed by atoms with Crippen LogP contribution in [0.3, 0.4) is 0 Å². The monoisotopic (exact) mass is 396 g/mol. The average Bonchev–Trinajstić information content (AvgIpc) is 3.09. The van der Waals surface area contributed by atoms with Crippen molar-refractivity contribution in [3.63, 3.8) is 0 Å². The molecule has 4 rings (SSSR count). The number of aromatic nitrogens is 4. The van der Waals surface area contributed by atoms with Crippen LogP contribution in [0.2, 0.25) is 5.02 Å². The third-order valence-corrected chi connectivity index (χ3v) is 4.18. The van der Waals surface area contributed by atoms with Gasteiger partial charge >= 0.3 is 6.18 Å². The standard InChI is InChI=1S/C17H12ClF3N4O2/c18-14-5-11(15-12(6-14)8-26-9-27-15)7-25-23-16(22-24-25)10-2-1-3-13(4-10)17(19,20)21/h1-6H,7-9H2. The molecule has 0 N–H and O–H groups in total. The van der Waals surface area contributed by atoms with Gasteiger partial charge in [-0.15, -0.1) is 10.2 Å². The number of nitrogens with zero attached hydrogens (tertiary/aromatic N) is 4. The highest BCUT2D eigenvalue weighted by Crippen LogP contribution is 2.33. The van der Waals surface area contributed by atoms with Crippen LogP contribution in [0.15, 0.2) is 36.4 Å². The first-order chi connectivity index (χ1) is 12.9. The van der Waals surface area contributed by atoms with E-state index in [1.54, 1.807) is 12.1 Å². The molecule has 0 aliphatic carbocycles. The number of halogens is 4. The number of hydrogen-bond acceptors (Lipinski definition) is 5. The molecule has 2 heterocycles. The van der Waals surface area contributed by atoms with E-state index >= 15 is 0 Å². The first-order valence-electron chi connectivity index (χ1n) is 7.87. The lowest BCUT2D eigenvalue weighted by Gasteiger charge is -2.20. The fraction of sp³-hybridized carbons (Fsp3) is 0.235. The van der Waals surface area contributed by atoms with Crippen molar-refractivity contribution in [2.75, 3.05) is 6.79 Å². The van der Waals surface area contributed by atoms with Gasteiger partial charge in [-0.25, -0.2) is 0 Å². The molecule has 1 aliphatic heterocycles. The summed E-state index contributed by atoms with van der Waals surface area (Å²) in [6, 6.07) is 8.26. The molecular formula is C17H12ClF3N4O2. The third kappa shape index (κ3) is 3.74. The molecule has 0 saturated heterocycles. The average molecular weight is 397 g/mol. The summed E-state index contributed by atoms with van der Waals surface area (Å²) in [7, 11) is 0. The number of benzene rings is 2. The van der Waals surface area contributed by atoms with Gasteiger partial charge in [0.05, 0.1) is 18.7 Å². The molecule has 3 aromatic rings. The summed E-state index contributed by atoms with van der Waals surface area (Å²) < 4.78 is 49.4. The molecule has 0 radical (unpaired) electrons. The van der Waals surface area contributed by atoms with Crippen LogP contribution in [-0.4, -0.2) is 27.0 Å². The number of hydrogen-bond donors (Lipinski definition) is 0. The fourth-order valence-corrected chi connectivity index (χ4v) is 3.05. The lowest BCUT2D eigenvalue weighted by Crippen LogP contribution is -2.15. The maximum absolute atomic E-state index is 12.9. The molecule has 0 bridgehead atoms. The van der Waals surface area contributed by atoms with Gasteiger partial charge in [-0.3, -0.25) is 0 Å². The molecule has 0 fully saturated rings. The van der Waals surface area contributed by atoms with E-state index in [9.17, 15) is 13.2 Å². The number of ether oxygens (including phenoxy) is 2. The van der Waals surface area contributed by atoms with Crippen LogP contribution < -0.4 is 4.74 Å². The van der Waals surface area contributed by atoms with Crippen LogP contribution in [0.4, 0.5) is 13.2 Å². The summed E-state index contributed by atoms with van der Waals surface area (Å²) in [6.07, 6.45) is -4.44. The van der Waals surface area contributed by atoms with Gasteiger partial charge in [-0.05, 0) is 29.5 Å². The Hall–Kier alpha value is -2.65. The molecule has 0 saturated carbocycles. The lowest BCUT2D eigenvalue weighted by molar-refractivity contribution is -0.137. The first kappa shape index (κ1) is 17.7. The Morgan fingerprint density at radius 3 is 2.85 bits per heavy atom. The second-order valence-corrected chi connectivity index (χ2v) is 6.32. The van der Waals surface area contributed by atoms with Crippen molar-refractivity contribution in [2.24, 2.45) is 0 Å².